The van der Waals surface area contributed by atoms with Gasteiger partial charge in [-0.1, -0.05) is 12.1 Å². The van der Waals surface area contributed by atoms with Crippen LogP contribution in [-0.2, 0) is 7.05 Å². The number of hydrogen-bond donors (Lipinski definition) is 0. The molecule has 4 heterocycles. The van der Waals surface area contributed by atoms with Crippen molar-refractivity contribution in [1.29, 1.82) is 0 Å². The summed E-state index contributed by atoms with van der Waals surface area (Å²) in [7, 11) is 2.10. The van der Waals surface area contributed by atoms with Crippen LogP contribution < -0.4 is 4.90 Å². The number of para-hydroxylation sites is 2. The molecule has 0 radical (unpaired) electrons. The maximum absolute atomic E-state index is 4.84. The Balaban J connectivity index is 1.40. The van der Waals surface area contributed by atoms with E-state index in [9.17, 15) is 0 Å². The highest BCUT2D eigenvalue weighted by atomic mass is 15.3. The highest BCUT2D eigenvalue weighted by Crippen LogP contribution is 2.32. The molecule has 0 atom stereocenters. The van der Waals surface area contributed by atoms with Crippen LogP contribution in [-0.4, -0.2) is 42.4 Å². The second kappa shape index (κ2) is 5.90. The summed E-state index contributed by atoms with van der Waals surface area (Å²) in [6.07, 6.45) is 1.93. The number of benzene rings is 1. The van der Waals surface area contributed by atoms with Crippen LogP contribution >= 0.6 is 0 Å². The van der Waals surface area contributed by atoms with Gasteiger partial charge in [0.1, 0.15) is 17.5 Å². The fraction of sp³-hybridized carbons (Fsp3) is 0.300. The number of fused-ring (bicyclic) bond motifs is 1. The summed E-state index contributed by atoms with van der Waals surface area (Å²) in [5, 5.41) is 4.46. The van der Waals surface area contributed by atoms with Gasteiger partial charge in [0.05, 0.1) is 22.6 Å². The molecular formula is C20H21N7. The van der Waals surface area contributed by atoms with Gasteiger partial charge >= 0.3 is 0 Å². The Morgan fingerprint density at radius 2 is 1.74 bits per heavy atom. The third-order valence-electron chi connectivity index (χ3n) is 5.16. The minimum absolute atomic E-state index is 0.410. The van der Waals surface area contributed by atoms with E-state index in [2.05, 4.69) is 49.8 Å². The smallest absolute Gasteiger partial charge is 0.159 e. The first kappa shape index (κ1) is 16.0. The number of aryl methyl sites for hydroxylation is 3. The summed E-state index contributed by atoms with van der Waals surface area (Å²) in [4.78, 5) is 16.3. The molecule has 1 aliphatic heterocycles. The van der Waals surface area contributed by atoms with Crippen molar-refractivity contribution in [2.75, 3.05) is 18.0 Å². The van der Waals surface area contributed by atoms with Crippen molar-refractivity contribution in [2.45, 2.75) is 19.8 Å². The Bertz CT molecular complexity index is 1130. The van der Waals surface area contributed by atoms with E-state index < -0.39 is 0 Å². The van der Waals surface area contributed by atoms with E-state index in [-0.39, 0.29) is 0 Å². The van der Waals surface area contributed by atoms with Gasteiger partial charge in [-0.2, -0.15) is 5.10 Å². The molecule has 0 spiro atoms. The summed E-state index contributed by atoms with van der Waals surface area (Å²) in [6.45, 7) is 5.71. The van der Waals surface area contributed by atoms with Crippen molar-refractivity contribution in [3.05, 3.63) is 59.9 Å². The van der Waals surface area contributed by atoms with Crippen molar-refractivity contribution < 1.29 is 0 Å². The topological polar surface area (TPSA) is 64.7 Å². The van der Waals surface area contributed by atoms with Crippen LogP contribution in [0.2, 0.25) is 0 Å². The van der Waals surface area contributed by atoms with Crippen LogP contribution in [0.4, 0.5) is 5.82 Å². The zero-order chi connectivity index (χ0) is 18.5. The molecular weight excluding hydrogens is 338 g/mol. The Morgan fingerprint density at radius 3 is 2.48 bits per heavy atom. The van der Waals surface area contributed by atoms with E-state index >= 15 is 0 Å². The first-order valence-electron chi connectivity index (χ1n) is 9.13. The van der Waals surface area contributed by atoms with Gasteiger partial charge in [0, 0.05) is 32.4 Å². The van der Waals surface area contributed by atoms with Crippen molar-refractivity contribution in [1.82, 2.24) is 29.3 Å². The number of rotatable bonds is 3. The number of nitrogens with zero attached hydrogens (tertiary/aromatic N) is 7. The highest BCUT2D eigenvalue weighted by molar-refractivity contribution is 5.76. The van der Waals surface area contributed by atoms with Crippen molar-refractivity contribution in [2.24, 2.45) is 7.05 Å². The molecule has 136 valence electrons. The average molecular weight is 359 g/mol. The molecule has 7 nitrogen and oxygen atoms in total. The van der Waals surface area contributed by atoms with Crippen LogP contribution in [0.1, 0.15) is 23.3 Å². The second-order valence-electron chi connectivity index (χ2n) is 7.15. The van der Waals surface area contributed by atoms with Gasteiger partial charge in [0.25, 0.3) is 0 Å². The molecule has 0 saturated carbocycles. The average Bonchev–Trinajstić information content (AvgIpc) is 3.18. The molecule has 1 aromatic carbocycles. The molecule has 1 aliphatic rings. The molecule has 27 heavy (non-hydrogen) atoms. The van der Waals surface area contributed by atoms with Crippen LogP contribution in [0.3, 0.4) is 0 Å². The fourth-order valence-electron chi connectivity index (χ4n) is 3.72. The second-order valence-corrected chi connectivity index (χ2v) is 7.15. The number of hydrogen-bond acceptors (Lipinski definition) is 5. The molecule has 4 aromatic rings. The number of imidazole rings is 1. The van der Waals surface area contributed by atoms with Gasteiger partial charge in [0.2, 0.25) is 0 Å². The standard InChI is InChI=1S/C20H21N7/c1-13-8-9-27(24-13)19-10-18(21-14(2)22-19)26-11-15(12-26)20-23-16-6-4-5-7-17(16)25(20)3/h4-10,15H,11-12H2,1-3H3. The third-order valence-corrected chi connectivity index (χ3v) is 5.16. The van der Waals surface area contributed by atoms with E-state index in [1.54, 1.807) is 4.68 Å². The van der Waals surface area contributed by atoms with Gasteiger partial charge in [-0.15, -0.1) is 0 Å². The van der Waals surface area contributed by atoms with Crippen molar-refractivity contribution in [3.8, 4) is 5.82 Å². The molecule has 1 fully saturated rings. The summed E-state index contributed by atoms with van der Waals surface area (Å²) in [5.74, 6) is 4.05. The summed E-state index contributed by atoms with van der Waals surface area (Å²) >= 11 is 0. The minimum atomic E-state index is 0.410. The largest absolute Gasteiger partial charge is 0.355 e. The van der Waals surface area contributed by atoms with E-state index in [0.717, 1.165) is 47.6 Å². The SMILES string of the molecule is Cc1ccn(-c2cc(N3CC(c4nc5ccccc5n4C)C3)nc(C)n2)n1. The number of anilines is 1. The lowest BCUT2D eigenvalue weighted by molar-refractivity contribution is 0.485. The fourth-order valence-corrected chi connectivity index (χ4v) is 3.72. The zero-order valence-corrected chi connectivity index (χ0v) is 15.7. The summed E-state index contributed by atoms with van der Waals surface area (Å²) in [5.41, 5.74) is 3.21. The lowest BCUT2D eigenvalue weighted by Gasteiger charge is -2.39. The predicted octanol–water partition coefficient (Wildman–Crippen LogP) is 2.77. The maximum atomic E-state index is 4.84. The van der Waals surface area contributed by atoms with E-state index in [1.165, 1.54) is 5.52 Å². The summed E-state index contributed by atoms with van der Waals surface area (Å²) in [6, 6.07) is 12.3. The molecule has 0 unspecified atom stereocenters. The van der Waals surface area contributed by atoms with Gasteiger partial charge in [0.15, 0.2) is 5.82 Å². The molecule has 3 aromatic heterocycles. The van der Waals surface area contributed by atoms with E-state index in [1.807, 2.05) is 38.2 Å². The predicted molar refractivity (Wildman–Crippen MR) is 104 cm³/mol. The Kier molecular flexibility index (Phi) is 3.50. The monoisotopic (exact) mass is 359 g/mol. The molecule has 0 amide bonds. The minimum Gasteiger partial charge on any atom is -0.355 e. The van der Waals surface area contributed by atoms with Crippen LogP contribution in [0.5, 0.6) is 0 Å². The van der Waals surface area contributed by atoms with E-state index in [0.29, 0.717) is 5.92 Å². The van der Waals surface area contributed by atoms with Crippen molar-refractivity contribution in [3.63, 3.8) is 0 Å². The number of aromatic nitrogens is 6. The lowest BCUT2D eigenvalue weighted by Crippen LogP contribution is -2.46. The van der Waals surface area contributed by atoms with Gasteiger partial charge in [-0.05, 0) is 32.0 Å². The summed E-state index contributed by atoms with van der Waals surface area (Å²) < 4.78 is 4.01. The lowest BCUT2D eigenvalue weighted by atomic mass is 9.99. The van der Waals surface area contributed by atoms with Gasteiger partial charge in [-0.3, -0.25) is 0 Å². The third kappa shape index (κ3) is 2.66. The molecule has 5 rings (SSSR count). The zero-order valence-electron chi connectivity index (χ0n) is 15.7. The Labute approximate surface area is 157 Å². The highest BCUT2D eigenvalue weighted by Gasteiger charge is 2.33. The molecule has 7 heteroatoms. The van der Waals surface area contributed by atoms with Crippen LogP contribution in [0.15, 0.2) is 42.6 Å². The van der Waals surface area contributed by atoms with Crippen LogP contribution in [0.25, 0.3) is 16.9 Å². The Hall–Kier alpha value is -3.22. The molecule has 0 bridgehead atoms. The van der Waals surface area contributed by atoms with Crippen molar-refractivity contribution >= 4 is 16.9 Å². The molecule has 0 N–H and O–H groups in total. The molecule has 1 saturated heterocycles. The van der Waals surface area contributed by atoms with E-state index in [4.69, 9.17) is 4.98 Å². The van der Waals surface area contributed by atoms with Gasteiger partial charge < -0.3 is 9.47 Å². The first-order valence-corrected chi connectivity index (χ1v) is 9.13. The Morgan fingerprint density at radius 1 is 0.963 bits per heavy atom. The first-order chi connectivity index (χ1) is 13.1. The van der Waals surface area contributed by atoms with Crippen LogP contribution in [0, 0.1) is 13.8 Å². The quantitative estimate of drug-likeness (QED) is 0.563. The molecule has 0 aliphatic carbocycles. The maximum Gasteiger partial charge on any atom is 0.159 e. The normalized spacial score (nSPS) is 14.7. The van der Waals surface area contributed by atoms with Gasteiger partial charge in [-0.25, -0.2) is 19.6 Å².